The number of guanidine groups is 1. The Hall–Kier alpha value is -2.07. The fraction of sp³-hybridized carbons (Fsp3) is 0.625. The topological polar surface area (TPSA) is 103 Å². The second-order valence-corrected chi connectivity index (χ2v) is 17.2. The van der Waals surface area contributed by atoms with E-state index >= 15 is 0 Å². The molecule has 1 aromatic carbocycles. The van der Waals surface area contributed by atoms with Crippen LogP contribution in [-0.2, 0) is 16.0 Å². The van der Waals surface area contributed by atoms with Gasteiger partial charge in [0.15, 0.2) is 0 Å². The molecule has 0 radical (unpaired) electrons. The molecule has 0 unspecified atom stereocenters. The molecule has 0 saturated carbocycles. The Morgan fingerprint density at radius 2 is 1.53 bits per heavy atom. The van der Waals surface area contributed by atoms with Crippen LogP contribution in [0.15, 0.2) is 27.7 Å². The number of amides is 2. The van der Waals surface area contributed by atoms with Crippen LogP contribution >= 0.6 is 15.9 Å². The molecule has 0 heterocycles. The molecule has 192 valence electrons. The maximum atomic E-state index is 12.9. The molecule has 8 nitrogen and oxygen atoms in total. The molecule has 0 saturated heterocycles. The summed E-state index contributed by atoms with van der Waals surface area (Å²) >= 11 is 3.58. The van der Waals surface area contributed by atoms with Crippen molar-refractivity contribution in [2.75, 3.05) is 0 Å². The van der Waals surface area contributed by atoms with Crippen LogP contribution in [0.25, 0.3) is 0 Å². The van der Waals surface area contributed by atoms with Gasteiger partial charge in [-0.15, -0.1) is 4.99 Å². The lowest BCUT2D eigenvalue weighted by Gasteiger charge is -2.36. The van der Waals surface area contributed by atoms with Crippen molar-refractivity contribution in [1.29, 1.82) is 0 Å². The highest BCUT2D eigenvalue weighted by atomic mass is 79.9. The highest BCUT2D eigenvalue weighted by molar-refractivity contribution is 9.10. The molecule has 0 spiro atoms. The van der Waals surface area contributed by atoms with Crippen LogP contribution in [-0.4, -0.2) is 42.6 Å². The number of carbonyl (C=O) groups excluding carboxylic acids is 2. The van der Waals surface area contributed by atoms with Gasteiger partial charge in [0.25, 0.3) is 8.32 Å². The fourth-order valence-corrected chi connectivity index (χ4v) is 4.02. The Balaban J connectivity index is 3.24. The first-order valence-electron chi connectivity index (χ1n) is 11.2. The molecule has 34 heavy (non-hydrogen) atoms. The Labute approximate surface area is 213 Å². The maximum Gasteiger partial charge on any atom is 0.437 e. The predicted octanol–water partition coefficient (Wildman–Crippen LogP) is 6.82. The Bertz CT molecular complexity index is 928. The number of hydrogen-bond donors (Lipinski definition) is 1. The van der Waals surface area contributed by atoms with Gasteiger partial charge in [0.1, 0.15) is 17.0 Å². The molecule has 0 atom stereocenters. The zero-order chi connectivity index (χ0) is 26.7. The van der Waals surface area contributed by atoms with Gasteiger partial charge in [0.2, 0.25) is 5.96 Å². The minimum absolute atomic E-state index is 0.0337. The molecule has 1 rings (SSSR count). The number of nitrogens with zero attached hydrogens (tertiary/aromatic N) is 2. The van der Waals surface area contributed by atoms with Gasteiger partial charge < -0.3 is 19.6 Å². The van der Waals surface area contributed by atoms with Crippen molar-refractivity contribution in [3.63, 3.8) is 0 Å². The van der Waals surface area contributed by atoms with E-state index in [0.29, 0.717) is 0 Å². The summed E-state index contributed by atoms with van der Waals surface area (Å²) in [7, 11) is -2.03. The Morgan fingerprint density at radius 1 is 1.00 bits per heavy atom. The number of halogens is 1. The van der Waals surface area contributed by atoms with Crippen molar-refractivity contribution in [3.8, 4) is 5.75 Å². The van der Waals surface area contributed by atoms with E-state index in [-0.39, 0.29) is 17.5 Å². The summed E-state index contributed by atoms with van der Waals surface area (Å²) in [6.45, 7) is 21.3. The molecular formula is C24H40BrN3O5Si. The van der Waals surface area contributed by atoms with Gasteiger partial charge in [-0.05, 0) is 93.3 Å². The first kappa shape index (κ1) is 30.0. The molecule has 1 aromatic rings. The average molecular weight is 559 g/mol. The van der Waals surface area contributed by atoms with E-state index in [0.717, 1.165) is 20.7 Å². The standard InChI is InChI=1S/C24H40BrN3O5Si/c1-22(2,3)31-20(29)27-19(26)28(21(30)32-23(4,5)6)15-16-12-13-18(17(25)14-16)33-34(10,11)24(7,8)9/h12-14H,15H2,1-11H3,(H2,26,27,29). The lowest BCUT2D eigenvalue weighted by Crippen LogP contribution is -2.45. The lowest BCUT2D eigenvalue weighted by molar-refractivity contribution is 0.0356. The Kier molecular flexibility index (Phi) is 9.41. The highest BCUT2D eigenvalue weighted by Gasteiger charge is 2.39. The summed E-state index contributed by atoms with van der Waals surface area (Å²) in [5, 5.41) is 0.0468. The van der Waals surface area contributed by atoms with Gasteiger partial charge in [-0.3, -0.25) is 0 Å². The predicted molar refractivity (Wildman–Crippen MR) is 142 cm³/mol. The number of benzene rings is 1. The molecule has 2 N–H and O–H groups in total. The van der Waals surface area contributed by atoms with E-state index in [1.54, 1.807) is 41.5 Å². The molecule has 2 amide bonds. The van der Waals surface area contributed by atoms with Gasteiger partial charge in [-0.25, -0.2) is 14.5 Å². The van der Waals surface area contributed by atoms with Crippen molar-refractivity contribution in [2.24, 2.45) is 10.7 Å². The van der Waals surface area contributed by atoms with Crippen LogP contribution in [0.1, 0.15) is 67.9 Å². The Morgan fingerprint density at radius 3 is 1.97 bits per heavy atom. The summed E-state index contributed by atoms with van der Waals surface area (Å²) in [6.07, 6.45) is -1.62. The third-order valence-electron chi connectivity index (χ3n) is 5.00. The molecule has 0 fully saturated rings. The number of hydrogen-bond acceptors (Lipinski definition) is 5. The van der Waals surface area contributed by atoms with Gasteiger partial charge in [0.05, 0.1) is 11.0 Å². The third kappa shape index (κ3) is 9.66. The second kappa shape index (κ2) is 10.7. The van der Waals surface area contributed by atoms with E-state index in [1.807, 2.05) is 18.2 Å². The quantitative estimate of drug-likeness (QED) is 0.247. The number of nitrogens with two attached hydrogens (primary N) is 1. The van der Waals surface area contributed by atoms with Crippen LogP contribution in [0.3, 0.4) is 0 Å². The molecule has 0 aliphatic carbocycles. The lowest BCUT2D eigenvalue weighted by atomic mass is 10.2. The van der Waals surface area contributed by atoms with E-state index in [9.17, 15) is 9.59 Å². The number of aliphatic imine (C=N–C) groups is 1. The molecule has 10 heteroatoms. The second-order valence-electron chi connectivity index (χ2n) is 11.6. The third-order valence-corrected chi connectivity index (χ3v) is 9.96. The SMILES string of the molecule is CC(C)(C)OC(=O)N=C(N)N(Cc1ccc(O[Si](C)(C)C(C)(C)C)c(Br)c1)C(=O)OC(C)(C)C. The summed E-state index contributed by atoms with van der Waals surface area (Å²) in [5.41, 5.74) is 5.28. The van der Waals surface area contributed by atoms with Gasteiger partial charge in [-0.1, -0.05) is 26.8 Å². The van der Waals surface area contributed by atoms with Crippen molar-refractivity contribution < 1.29 is 23.5 Å². The van der Waals surface area contributed by atoms with Crippen molar-refractivity contribution >= 4 is 42.4 Å². The normalized spacial score (nSPS) is 13.4. The van der Waals surface area contributed by atoms with Crippen LogP contribution in [0.5, 0.6) is 5.75 Å². The minimum atomic E-state index is -2.03. The van der Waals surface area contributed by atoms with Gasteiger partial charge >= 0.3 is 12.2 Å². The van der Waals surface area contributed by atoms with Crippen LogP contribution < -0.4 is 10.2 Å². The van der Waals surface area contributed by atoms with E-state index in [1.165, 1.54) is 0 Å². The molecular weight excluding hydrogens is 518 g/mol. The summed E-state index contributed by atoms with van der Waals surface area (Å²) in [6, 6.07) is 5.54. The van der Waals surface area contributed by atoms with Crippen LogP contribution in [0.2, 0.25) is 18.1 Å². The highest BCUT2D eigenvalue weighted by Crippen LogP contribution is 2.39. The number of ether oxygens (including phenoxy) is 2. The number of rotatable bonds is 4. The van der Waals surface area contributed by atoms with Crippen molar-refractivity contribution in [2.45, 2.75) is 98.2 Å². The van der Waals surface area contributed by atoms with E-state index in [2.05, 4.69) is 54.8 Å². The first-order chi connectivity index (χ1) is 15.1. The molecule has 0 bridgehead atoms. The monoisotopic (exact) mass is 557 g/mol. The molecule has 0 aromatic heterocycles. The zero-order valence-electron chi connectivity index (χ0n) is 22.3. The van der Waals surface area contributed by atoms with Gasteiger partial charge in [-0.2, -0.15) is 0 Å². The summed E-state index contributed by atoms with van der Waals surface area (Å²) in [4.78, 5) is 29.9. The zero-order valence-corrected chi connectivity index (χ0v) is 24.9. The summed E-state index contributed by atoms with van der Waals surface area (Å²) in [5.74, 6) is 0.413. The first-order valence-corrected chi connectivity index (χ1v) is 14.9. The number of carbonyl (C=O) groups is 2. The fourth-order valence-electron chi connectivity index (χ4n) is 2.33. The minimum Gasteiger partial charge on any atom is -0.543 e. The van der Waals surface area contributed by atoms with E-state index < -0.39 is 31.7 Å². The summed E-state index contributed by atoms with van der Waals surface area (Å²) < 4.78 is 17.8. The molecule has 0 aliphatic rings. The smallest absolute Gasteiger partial charge is 0.437 e. The van der Waals surface area contributed by atoms with Crippen LogP contribution in [0.4, 0.5) is 9.59 Å². The van der Waals surface area contributed by atoms with Gasteiger partial charge in [0, 0.05) is 0 Å². The van der Waals surface area contributed by atoms with Crippen molar-refractivity contribution in [3.05, 3.63) is 28.2 Å². The average Bonchev–Trinajstić information content (AvgIpc) is 2.57. The van der Waals surface area contributed by atoms with Crippen LogP contribution in [0, 0.1) is 0 Å². The largest absolute Gasteiger partial charge is 0.543 e. The van der Waals surface area contributed by atoms with Crippen molar-refractivity contribution in [1.82, 2.24) is 4.90 Å². The molecule has 0 aliphatic heterocycles. The van der Waals surface area contributed by atoms with E-state index in [4.69, 9.17) is 19.6 Å². The maximum absolute atomic E-state index is 12.9.